The number of hydrogen-bond donors (Lipinski definition) is 3. The summed E-state index contributed by atoms with van der Waals surface area (Å²) in [6.07, 6.45) is 4.08. The lowest BCUT2D eigenvalue weighted by Gasteiger charge is -2.24. The van der Waals surface area contributed by atoms with Crippen LogP contribution >= 0.6 is 0 Å². The van der Waals surface area contributed by atoms with Gasteiger partial charge in [-0.3, -0.25) is 4.79 Å². The molecule has 3 heterocycles. The van der Waals surface area contributed by atoms with E-state index < -0.39 is 5.97 Å². The maximum absolute atomic E-state index is 13.5. The Morgan fingerprint density at radius 2 is 1.89 bits per heavy atom. The number of carbonyl (C=O) groups is 1. The van der Waals surface area contributed by atoms with Crippen molar-refractivity contribution < 1.29 is 14.3 Å². The van der Waals surface area contributed by atoms with Gasteiger partial charge in [0.1, 0.15) is 29.2 Å². The number of nitrogens with zero attached hydrogens (tertiary/aromatic N) is 4. The first-order valence-electron chi connectivity index (χ1n) is 11.6. The number of nitrogen functional groups attached to an aromatic ring is 1. The van der Waals surface area contributed by atoms with E-state index in [9.17, 15) is 14.3 Å². The van der Waals surface area contributed by atoms with Crippen LogP contribution in [-0.2, 0) is 4.79 Å². The lowest BCUT2D eigenvalue weighted by molar-refractivity contribution is -0.142. The van der Waals surface area contributed by atoms with Crippen molar-refractivity contribution in [1.82, 2.24) is 24.6 Å². The first-order chi connectivity index (χ1) is 17.0. The summed E-state index contributed by atoms with van der Waals surface area (Å²) in [5.74, 6) is -0.150. The first-order valence-corrected chi connectivity index (χ1v) is 11.6. The maximum Gasteiger partial charge on any atom is 0.306 e. The standard InChI is InChI=1S/C26H23FN6O2/c27-18-10-8-14(9-11-18)19-3-1-2-17-12-20(31-21(17)19)22-23-24(28)29-13-30-33(23)25(32-22)15-4-6-16(7-5-15)26(34)35/h1-3,8-13,15-16,31H,4-7H2,(H,34,35)(H2,28,29,30)/t15-,16-. The molecule has 0 amide bonds. The molecule has 6 rings (SSSR count). The lowest BCUT2D eigenvalue weighted by atomic mass is 9.82. The second-order valence-electron chi connectivity index (χ2n) is 9.07. The molecule has 5 aromatic rings. The summed E-state index contributed by atoms with van der Waals surface area (Å²) in [7, 11) is 0. The molecule has 1 fully saturated rings. The van der Waals surface area contributed by atoms with Crippen molar-refractivity contribution in [1.29, 1.82) is 0 Å². The van der Waals surface area contributed by atoms with E-state index >= 15 is 0 Å². The van der Waals surface area contributed by atoms with Crippen LogP contribution in [-0.4, -0.2) is 35.6 Å². The van der Waals surface area contributed by atoms with Crippen molar-refractivity contribution in [2.45, 2.75) is 31.6 Å². The summed E-state index contributed by atoms with van der Waals surface area (Å²) in [5.41, 5.74) is 11.1. The molecule has 8 nitrogen and oxygen atoms in total. The maximum atomic E-state index is 13.5. The van der Waals surface area contributed by atoms with Gasteiger partial charge in [-0.1, -0.05) is 30.3 Å². The number of benzene rings is 2. The van der Waals surface area contributed by atoms with E-state index in [1.54, 1.807) is 16.6 Å². The molecule has 0 spiro atoms. The first kappa shape index (κ1) is 21.3. The number of hydrogen-bond acceptors (Lipinski definition) is 5. The molecule has 3 aromatic heterocycles. The number of nitrogens with two attached hydrogens (primary N) is 1. The summed E-state index contributed by atoms with van der Waals surface area (Å²) >= 11 is 0. The monoisotopic (exact) mass is 470 g/mol. The van der Waals surface area contributed by atoms with E-state index in [4.69, 9.17) is 10.7 Å². The predicted molar refractivity (Wildman–Crippen MR) is 130 cm³/mol. The normalized spacial score (nSPS) is 18.3. The topological polar surface area (TPSA) is 122 Å². The molecular weight excluding hydrogens is 447 g/mol. The number of aliphatic carboxylic acids is 1. The number of carboxylic acids is 1. The Labute approximate surface area is 199 Å². The zero-order chi connectivity index (χ0) is 24.1. The number of aromatic amines is 1. The number of H-pyrrole nitrogens is 1. The van der Waals surface area contributed by atoms with E-state index in [0.29, 0.717) is 29.9 Å². The Morgan fingerprint density at radius 3 is 2.63 bits per heavy atom. The minimum Gasteiger partial charge on any atom is -0.481 e. The van der Waals surface area contributed by atoms with Gasteiger partial charge >= 0.3 is 5.97 Å². The number of imidazole rings is 1. The summed E-state index contributed by atoms with van der Waals surface area (Å²) in [4.78, 5) is 24.1. The van der Waals surface area contributed by atoms with Crippen LogP contribution in [0.1, 0.15) is 37.4 Å². The van der Waals surface area contributed by atoms with Gasteiger partial charge in [-0.25, -0.2) is 18.9 Å². The van der Waals surface area contributed by atoms with Crippen LogP contribution in [0.5, 0.6) is 0 Å². The van der Waals surface area contributed by atoms with Crippen molar-refractivity contribution in [3.63, 3.8) is 0 Å². The van der Waals surface area contributed by atoms with Gasteiger partial charge in [0.2, 0.25) is 0 Å². The zero-order valence-electron chi connectivity index (χ0n) is 18.8. The second-order valence-corrected chi connectivity index (χ2v) is 9.07. The molecule has 0 unspecified atom stereocenters. The molecule has 1 aliphatic carbocycles. The highest BCUT2D eigenvalue weighted by molar-refractivity contribution is 5.98. The molecule has 1 saturated carbocycles. The Kier molecular flexibility index (Phi) is 4.98. The zero-order valence-corrected chi connectivity index (χ0v) is 18.8. The number of aromatic nitrogens is 5. The van der Waals surface area contributed by atoms with Gasteiger partial charge in [0.15, 0.2) is 5.82 Å². The van der Waals surface area contributed by atoms with Gasteiger partial charge in [0, 0.05) is 16.9 Å². The Morgan fingerprint density at radius 1 is 1.11 bits per heavy atom. The molecule has 2 aromatic carbocycles. The van der Waals surface area contributed by atoms with Crippen molar-refractivity contribution in [2.75, 3.05) is 5.73 Å². The number of halogens is 1. The third-order valence-corrected chi connectivity index (χ3v) is 6.99. The summed E-state index contributed by atoms with van der Waals surface area (Å²) in [6.45, 7) is 0. The van der Waals surface area contributed by atoms with Crippen molar-refractivity contribution in [2.24, 2.45) is 5.92 Å². The lowest BCUT2D eigenvalue weighted by Crippen LogP contribution is -2.21. The van der Waals surface area contributed by atoms with Crippen LogP contribution in [0.3, 0.4) is 0 Å². The molecule has 0 radical (unpaired) electrons. The molecule has 1 aliphatic rings. The molecule has 0 saturated heterocycles. The van der Waals surface area contributed by atoms with Crippen LogP contribution in [0.15, 0.2) is 54.9 Å². The predicted octanol–water partition coefficient (Wildman–Crippen LogP) is 5.02. The van der Waals surface area contributed by atoms with Gasteiger partial charge < -0.3 is 15.8 Å². The highest BCUT2D eigenvalue weighted by atomic mass is 19.1. The van der Waals surface area contributed by atoms with Crippen LogP contribution in [0.4, 0.5) is 10.2 Å². The smallest absolute Gasteiger partial charge is 0.306 e. The SMILES string of the molecule is Nc1ncnn2c1c(-c1cc3cccc(-c4ccc(F)cc4)c3[nH]1)nc2[C@H]1CC[C@H](C(=O)O)CC1. The highest BCUT2D eigenvalue weighted by Gasteiger charge is 2.31. The molecule has 35 heavy (non-hydrogen) atoms. The van der Waals surface area contributed by atoms with Crippen molar-refractivity contribution >= 4 is 28.2 Å². The molecule has 0 atom stereocenters. The number of anilines is 1. The third kappa shape index (κ3) is 3.60. The minimum atomic E-state index is -0.737. The molecular formula is C26H23FN6O2. The number of carboxylic acid groups (broad SMARTS) is 1. The van der Waals surface area contributed by atoms with E-state index in [-0.39, 0.29) is 17.7 Å². The fourth-order valence-corrected chi connectivity index (χ4v) is 5.18. The van der Waals surface area contributed by atoms with E-state index in [1.807, 2.05) is 24.3 Å². The van der Waals surface area contributed by atoms with Crippen molar-refractivity contribution in [3.8, 4) is 22.5 Å². The Balaban J connectivity index is 1.47. The number of rotatable bonds is 4. The average molecular weight is 471 g/mol. The Bertz CT molecular complexity index is 1560. The van der Waals surface area contributed by atoms with E-state index in [0.717, 1.165) is 46.4 Å². The fourth-order valence-electron chi connectivity index (χ4n) is 5.18. The minimum absolute atomic E-state index is 0.0836. The summed E-state index contributed by atoms with van der Waals surface area (Å²) in [5, 5.41) is 14.8. The van der Waals surface area contributed by atoms with Crippen molar-refractivity contribution in [3.05, 3.63) is 66.5 Å². The number of para-hydroxylation sites is 1. The molecule has 0 aliphatic heterocycles. The molecule has 4 N–H and O–H groups in total. The van der Waals surface area contributed by atoms with Crippen LogP contribution in [0.25, 0.3) is 38.9 Å². The van der Waals surface area contributed by atoms with E-state index in [2.05, 4.69) is 15.1 Å². The second kappa shape index (κ2) is 8.19. The third-order valence-electron chi connectivity index (χ3n) is 6.99. The molecule has 176 valence electrons. The number of fused-ring (bicyclic) bond motifs is 2. The Hall–Kier alpha value is -4.27. The summed E-state index contributed by atoms with van der Waals surface area (Å²) < 4.78 is 15.2. The van der Waals surface area contributed by atoms with Gasteiger partial charge in [-0.15, -0.1) is 0 Å². The molecule has 9 heteroatoms. The quantitative estimate of drug-likeness (QED) is 0.339. The summed E-state index contributed by atoms with van der Waals surface area (Å²) in [6, 6.07) is 14.4. The number of nitrogens with one attached hydrogen (secondary N) is 1. The highest BCUT2D eigenvalue weighted by Crippen LogP contribution is 2.39. The van der Waals surface area contributed by atoms with Crippen LogP contribution in [0, 0.1) is 11.7 Å². The largest absolute Gasteiger partial charge is 0.481 e. The van der Waals surface area contributed by atoms with Gasteiger partial charge in [0.05, 0.1) is 17.1 Å². The van der Waals surface area contributed by atoms with Crippen LogP contribution in [0.2, 0.25) is 0 Å². The van der Waals surface area contributed by atoms with Gasteiger partial charge in [0.25, 0.3) is 0 Å². The average Bonchev–Trinajstić information content (AvgIpc) is 3.47. The van der Waals surface area contributed by atoms with Gasteiger partial charge in [-0.05, 0) is 49.4 Å². The van der Waals surface area contributed by atoms with Gasteiger partial charge in [-0.2, -0.15) is 5.10 Å². The van der Waals surface area contributed by atoms with E-state index in [1.165, 1.54) is 18.5 Å². The fraction of sp³-hybridized carbons (Fsp3) is 0.231. The molecule has 0 bridgehead atoms. The van der Waals surface area contributed by atoms with Crippen LogP contribution < -0.4 is 5.73 Å².